The highest BCUT2D eigenvalue weighted by Crippen LogP contribution is 2.15. The highest BCUT2D eigenvalue weighted by molar-refractivity contribution is 5.95. The van der Waals surface area contributed by atoms with E-state index >= 15 is 0 Å². The van der Waals surface area contributed by atoms with Crippen LogP contribution in [0.2, 0.25) is 0 Å². The van der Waals surface area contributed by atoms with Gasteiger partial charge in [-0.3, -0.25) is 9.59 Å². The molecule has 0 saturated carbocycles. The van der Waals surface area contributed by atoms with Crippen LogP contribution in [-0.2, 0) is 9.59 Å². The van der Waals surface area contributed by atoms with Crippen molar-refractivity contribution in [2.45, 2.75) is 0 Å². The zero-order valence-corrected chi connectivity index (χ0v) is 9.77. The van der Waals surface area contributed by atoms with Crippen molar-refractivity contribution >= 4 is 23.5 Å². The van der Waals surface area contributed by atoms with Gasteiger partial charge in [0, 0.05) is 0 Å². The summed E-state index contributed by atoms with van der Waals surface area (Å²) in [5, 5.41) is 13.0. The summed E-state index contributed by atoms with van der Waals surface area (Å²) in [6, 6.07) is 3.07. The fraction of sp³-hybridized carbons (Fsp3) is 0.182. The largest absolute Gasteiger partial charge is 0.478 e. The number of carbonyl (C=O) groups is 3. The Morgan fingerprint density at radius 3 is 2.47 bits per heavy atom. The van der Waals surface area contributed by atoms with E-state index in [9.17, 15) is 18.8 Å². The Hall–Kier alpha value is -2.48. The van der Waals surface area contributed by atoms with Gasteiger partial charge in [0.2, 0.25) is 11.8 Å². The highest BCUT2D eigenvalue weighted by Gasteiger charge is 2.11. The fourth-order valence-corrected chi connectivity index (χ4v) is 1.19. The van der Waals surface area contributed by atoms with Crippen LogP contribution in [0.15, 0.2) is 18.2 Å². The molecule has 102 valence electrons. The molecule has 0 heterocycles. The second kappa shape index (κ2) is 6.45. The van der Waals surface area contributed by atoms with E-state index in [1.54, 1.807) is 0 Å². The maximum Gasteiger partial charge on any atom is 0.335 e. The van der Waals surface area contributed by atoms with Crippen molar-refractivity contribution in [1.82, 2.24) is 5.32 Å². The first-order valence-electron chi connectivity index (χ1n) is 5.23. The smallest absolute Gasteiger partial charge is 0.335 e. The van der Waals surface area contributed by atoms with Gasteiger partial charge >= 0.3 is 5.97 Å². The average Bonchev–Trinajstić information content (AvgIpc) is 2.38. The summed E-state index contributed by atoms with van der Waals surface area (Å²) in [7, 11) is 0. The monoisotopic (exact) mass is 269 g/mol. The molecule has 2 amide bonds. The summed E-state index contributed by atoms with van der Waals surface area (Å²) in [6.45, 7) is -0.606. The molecule has 0 atom stereocenters. The molecule has 0 aliphatic carbocycles. The first-order valence-corrected chi connectivity index (χ1v) is 5.23. The molecular formula is C11H12FN3O4. The number of rotatable bonds is 5. The van der Waals surface area contributed by atoms with Gasteiger partial charge in [-0.2, -0.15) is 0 Å². The van der Waals surface area contributed by atoms with Crippen LogP contribution in [-0.4, -0.2) is 36.0 Å². The van der Waals surface area contributed by atoms with E-state index in [1.165, 1.54) is 0 Å². The van der Waals surface area contributed by atoms with Gasteiger partial charge in [0.15, 0.2) is 0 Å². The summed E-state index contributed by atoms with van der Waals surface area (Å²) in [4.78, 5) is 32.7. The molecule has 0 bridgehead atoms. The van der Waals surface area contributed by atoms with E-state index in [0.717, 1.165) is 18.2 Å². The van der Waals surface area contributed by atoms with Gasteiger partial charge in [-0.15, -0.1) is 0 Å². The van der Waals surface area contributed by atoms with Crippen LogP contribution in [0.3, 0.4) is 0 Å². The average molecular weight is 269 g/mol. The Labute approximate surface area is 107 Å². The molecule has 1 aromatic carbocycles. The fourth-order valence-electron chi connectivity index (χ4n) is 1.19. The molecule has 0 unspecified atom stereocenters. The number of halogens is 1. The standard InChI is InChI=1S/C11H12FN3O4/c12-7-3-6(11(18)19)1-2-8(7)15-10(17)5-14-9(16)4-13/h1-3H,4-5,13H2,(H,14,16)(H,15,17)(H,18,19). The second-order valence-corrected chi connectivity index (χ2v) is 3.53. The lowest BCUT2D eigenvalue weighted by Crippen LogP contribution is -2.36. The molecular weight excluding hydrogens is 257 g/mol. The number of nitrogens with two attached hydrogens (primary N) is 1. The van der Waals surface area contributed by atoms with Gasteiger partial charge in [0.25, 0.3) is 0 Å². The maximum atomic E-state index is 13.5. The van der Waals surface area contributed by atoms with Crippen LogP contribution in [0.1, 0.15) is 10.4 Å². The predicted octanol–water partition coefficient (Wildman–Crippen LogP) is -0.463. The van der Waals surface area contributed by atoms with Crippen molar-refractivity contribution in [3.05, 3.63) is 29.6 Å². The molecule has 1 aromatic rings. The van der Waals surface area contributed by atoms with Crippen molar-refractivity contribution < 1.29 is 23.9 Å². The van der Waals surface area contributed by atoms with Crippen LogP contribution in [0.5, 0.6) is 0 Å². The summed E-state index contributed by atoms with van der Waals surface area (Å²) in [6.07, 6.45) is 0. The normalized spacial score (nSPS) is 9.79. The molecule has 8 heteroatoms. The molecule has 19 heavy (non-hydrogen) atoms. The summed E-state index contributed by atoms with van der Waals surface area (Å²) >= 11 is 0. The van der Waals surface area contributed by atoms with E-state index < -0.39 is 23.6 Å². The Bertz CT molecular complexity index is 519. The summed E-state index contributed by atoms with van der Waals surface area (Å²) < 4.78 is 13.5. The van der Waals surface area contributed by atoms with Crippen molar-refractivity contribution in [2.24, 2.45) is 5.73 Å². The first kappa shape index (κ1) is 14.6. The van der Waals surface area contributed by atoms with Crippen LogP contribution >= 0.6 is 0 Å². The molecule has 0 aliphatic heterocycles. The van der Waals surface area contributed by atoms with Crippen molar-refractivity contribution in [1.29, 1.82) is 0 Å². The third kappa shape index (κ3) is 4.36. The molecule has 1 rings (SSSR count). The topological polar surface area (TPSA) is 122 Å². The van der Waals surface area contributed by atoms with Gasteiger partial charge in [0.1, 0.15) is 5.82 Å². The number of aromatic carboxylic acids is 1. The molecule has 0 aromatic heterocycles. The van der Waals surface area contributed by atoms with E-state index in [0.29, 0.717) is 0 Å². The molecule has 7 nitrogen and oxygen atoms in total. The van der Waals surface area contributed by atoms with Crippen molar-refractivity contribution in [3.63, 3.8) is 0 Å². The Balaban J connectivity index is 2.64. The van der Waals surface area contributed by atoms with Crippen LogP contribution in [0.25, 0.3) is 0 Å². The third-order valence-corrected chi connectivity index (χ3v) is 2.12. The van der Waals surface area contributed by atoms with Gasteiger partial charge < -0.3 is 21.5 Å². The third-order valence-electron chi connectivity index (χ3n) is 2.12. The lowest BCUT2D eigenvalue weighted by atomic mass is 10.2. The van der Waals surface area contributed by atoms with E-state index in [-0.39, 0.29) is 24.3 Å². The molecule has 5 N–H and O–H groups in total. The van der Waals surface area contributed by atoms with E-state index in [2.05, 4.69) is 10.6 Å². The van der Waals surface area contributed by atoms with E-state index in [4.69, 9.17) is 10.8 Å². The number of amides is 2. The van der Waals surface area contributed by atoms with Gasteiger partial charge in [0.05, 0.1) is 24.3 Å². The van der Waals surface area contributed by atoms with Crippen LogP contribution < -0.4 is 16.4 Å². The van der Waals surface area contributed by atoms with Crippen LogP contribution in [0.4, 0.5) is 10.1 Å². The summed E-state index contributed by atoms with van der Waals surface area (Å²) in [5.74, 6) is -3.31. The Morgan fingerprint density at radius 1 is 1.26 bits per heavy atom. The molecule has 0 radical (unpaired) electrons. The minimum absolute atomic E-state index is 0.169. The molecule has 0 spiro atoms. The van der Waals surface area contributed by atoms with Gasteiger partial charge in [-0.1, -0.05) is 0 Å². The summed E-state index contributed by atoms with van der Waals surface area (Å²) in [5.41, 5.74) is 4.62. The zero-order valence-electron chi connectivity index (χ0n) is 9.77. The SMILES string of the molecule is NCC(=O)NCC(=O)Nc1ccc(C(=O)O)cc1F. The maximum absolute atomic E-state index is 13.5. The van der Waals surface area contributed by atoms with E-state index in [1.807, 2.05) is 0 Å². The first-order chi connectivity index (χ1) is 8.93. The minimum atomic E-state index is -1.27. The Morgan fingerprint density at radius 2 is 1.95 bits per heavy atom. The van der Waals surface area contributed by atoms with Crippen molar-refractivity contribution in [2.75, 3.05) is 18.4 Å². The lowest BCUT2D eigenvalue weighted by molar-refractivity contribution is -0.123. The van der Waals surface area contributed by atoms with Gasteiger partial charge in [-0.05, 0) is 18.2 Å². The predicted molar refractivity (Wildman–Crippen MR) is 64.1 cm³/mol. The number of hydrogen-bond acceptors (Lipinski definition) is 4. The quantitative estimate of drug-likeness (QED) is 0.576. The molecule has 0 fully saturated rings. The molecule has 0 aliphatic rings. The number of carboxylic acids is 1. The highest BCUT2D eigenvalue weighted by atomic mass is 19.1. The second-order valence-electron chi connectivity index (χ2n) is 3.53. The minimum Gasteiger partial charge on any atom is -0.478 e. The van der Waals surface area contributed by atoms with Gasteiger partial charge in [-0.25, -0.2) is 9.18 Å². The number of carbonyl (C=O) groups excluding carboxylic acids is 2. The number of hydrogen-bond donors (Lipinski definition) is 4. The number of anilines is 1. The number of nitrogens with one attached hydrogen (secondary N) is 2. The Kier molecular flexibility index (Phi) is 4.95. The number of benzene rings is 1. The number of carboxylic acid groups (broad SMARTS) is 1. The lowest BCUT2D eigenvalue weighted by Gasteiger charge is -2.07. The van der Waals surface area contributed by atoms with Crippen molar-refractivity contribution in [3.8, 4) is 0 Å². The zero-order chi connectivity index (χ0) is 14.4. The van der Waals surface area contributed by atoms with Crippen LogP contribution in [0, 0.1) is 5.82 Å². The molecule has 0 saturated heterocycles.